The van der Waals surface area contributed by atoms with Crippen LogP contribution in [0.25, 0.3) is 0 Å². The lowest BCUT2D eigenvalue weighted by atomic mass is 10.1. The summed E-state index contributed by atoms with van der Waals surface area (Å²) in [5.74, 6) is -0.146. The first-order valence-electron chi connectivity index (χ1n) is 6.42. The Labute approximate surface area is 123 Å². The number of hydrogen-bond acceptors (Lipinski definition) is 5. The number of sulfonamides is 1. The monoisotopic (exact) mass is 317 g/mol. The molecule has 20 heavy (non-hydrogen) atoms. The number of hydrogen-bond donors (Lipinski definition) is 2. The average Bonchev–Trinajstić information content (AvgIpc) is 2.89. The Morgan fingerprint density at radius 2 is 2.35 bits per heavy atom. The van der Waals surface area contributed by atoms with Gasteiger partial charge in [0.25, 0.3) is 0 Å². The maximum atomic E-state index is 12.3. The third-order valence-corrected chi connectivity index (χ3v) is 4.95. The minimum absolute atomic E-state index is 0.146. The van der Waals surface area contributed by atoms with Crippen LogP contribution in [0.15, 0.2) is 17.5 Å². The van der Waals surface area contributed by atoms with Crippen molar-refractivity contribution in [1.29, 1.82) is 0 Å². The third kappa shape index (κ3) is 4.02. The number of amides is 1. The average molecular weight is 317 g/mol. The highest BCUT2D eigenvalue weighted by Gasteiger charge is 2.29. The van der Waals surface area contributed by atoms with E-state index in [1.165, 1.54) is 11.3 Å². The lowest BCUT2D eigenvalue weighted by Crippen LogP contribution is -2.51. The minimum atomic E-state index is -3.25. The quantitative estimate of drug-likeness (QED) is 0.835. The van der Waals surface area contributed by atoms with E-state index in [1.54, 1.807) is 4.90 Å². The van der Waals surface area contributed by atoms with Gasteiger partial charge in [-0.2, -0.15) is 0 Å². The fraction of sp³-hybridized carbons (Fsp3) is 0.583. The van der Waals surface area contributed by atoms with E-state index < -0.39 is 16.1 Å². The molecule has 0 spiro atoms. The molecule has 0 aromatic carbocycles. The molecule has 1 amide bonds. The van der Waals surface area contributed by atoms with Gasteiger partial charge in [-0.3, -0.25) is 4.79 Å². The Morgan fingerprint density at radius 3 is 2.95 bits per heavy atom. The van der Waals surface area contributed by atoms with Gasteiger partial charge in [-0.15, -0.1) is 11.3 Å². The van der Waals surface area contributed by atoms with Gasteiger partial charge in [0, 0.05) is 24.0 Å². The molecule has 1 aromatic rings. The van der Waals surface area contributed by atoms with Gasteiger partial charge in [0.15, 0.2) is 0 Å². The van der Waals surface area contributed by atoms with E-state index in [-0.39, 0.29) is 11.9 Å². The summed E-state index contributed by atoms with van der Waals surface area (Å²) >= 11 is 1.45. The molecule has 6 nitrogen and oxygen atoms in total. The molecule has 2 heterocycles. The van der Waals surface area contributed by atoms with Crippen molar-refractivity contribution in [2.24, 2.45) is 5.73 Å². The largest absolute Gasteiger partial charge is 0.339 e. The highest BCUT2D eigenvalue weighted by molar-refractivity contribution is 7.88. The van der Waals surface area contributed by atoms with Crippen LogP contribution in [-0.2, 0) is 14.8 Å². The van der Waals surface area contributed by atoms with Gasteiger partial charge in [0.1, 0.15) is 6.04 Å². The maximum Gasteiger partial charge on any atom is 0.244 e. The van der Waals surface area contributed by atoms with E-state index >= 15 is 0 Å². The molecule has 0 saturated carbocycles. The van der Waals surface area contributed by atoms with Crippen molar-refractivity contribution in [3.8, 4) is 0 Å². The number of carbonyl (C=O) groups excluding carboxylic acids is 1. The van der Waals surface area contributed by atoms with Crippen LogP contribution in [0.3, 0.4) is 0 Å². The predicted octanol–water partition coefficient (Wildman–Crippen LogP) is 0.288. The Balaban J connectivity index is 2.00. The number of carbonyl (C=O) groups is 1. The summed E-state index contributed by atoms with van der Waals surface area (Å²) in [5.41, 5.74) is 5.97. The van der Waals surface area contributed by atoms with Crippen molar-refractivity contribution in [2.45, 2.75) is 24.9 Å². The van der Waals surface area contributed by atoms with E-state index in [0.717, 1.165) is 24.0 Å². The van der Waals surface area contributed by atoms with Crippen molar-refractivity contribution in [2.75, 3.05) is 19.3 Å². The van der Waals surface area contributed by atoms with Crippen molar-refractivity contribution >= 4 is 27.3 Å². The minimum Gasteiger partial charge on any atom is -0.339 e. The van der Waals surface area contributed by atoms with Crippen molar-refractivity contribution in [3.05, 3.63) is 22.4 Å². The first-order valence-corrected chi connectivity index (χ1v) is 9.19. The molecule has 0 aliphatic carbocycles. The number of rotatable bonds is 4. The molecule has 3 N–H and O–H groups in total. The second-order valence-corrected chi connectivity index (χ2v) is 7.77. The summed E-state index contributed by atoms with van der Waals surface area (Å²) < 4.78 is 25.1. The standard InChI is InChI=1S/C12H19N3O3S2/c1-20(17,18)14-9-4-2-6-15(8-9)12(16)11(13)10-5-3-7-19-10/h3,5,7,9,11,14H,2,4,6,8,13H2,1H3. The second kappa shape index (κ2) is 6.21. The number of nitrogens with two attached hydrogens (primary N) is 1. The SMILES string of the molecule is CS(=O)(=O)NC1CCCN(C(=O)C(N)c2cccs2)C1. The number of nitrogens with zero attached hydrogens (tertiary/aromatic N) is 1. The summed E-state index contributed by atoms with van der Waals surface area (Å²) in [6.45, 7) is 1.00. The molecular formula is C12H19N3O3S2. The molecule has 1 aliphatic heterocycles. The lowest BCUT2D eigenvalue weighted by Gasteiger charge is -2.34. The molecule has 1 aromatic heterocycles. The number of nitrogens with one attached hydrogen (secondary N) is 1. The van der Waals surface area contributed by atoms with Gasteiger partial charge in [-0.05, 0) is 24.3 Å². The summed E-state index contributed by atoms with van der Waals surface area (Å²) in [4.78, 5) is 14.8. The number of likely N-dealkylation sites (tertiary alicyclic amines) is 1. The number of thiophene rings is 1. The maximum absolute atomic E-state index is 12.3. The first kappa shape index (κ1) is 15.4. The predicted molar refractivity (Wildman–Crippen MR) is 78.8 cm³/mol. The normalized spacial score (nSPS) is 21.7. The molecule has 2 atom stereocenters. The van der Waals surface area contributed by atoms with Crippen LogP contribution in [0.5, 0.6) is 0 Å². The molecule has 112 valence electrons. The Kier molecular flexibility index (Phi) is 4.79. The van der Waals surface area contributed by atoms with E-state index in [1.807, 2.05) is 17.5 Å². The molecule has 0 bridgehead atoms. The van der Waals surface area contributed by atoms with E-state index in [0.29, 0.717) is 13.1 Å². The topological polar surface area (TPSA) is 92.5 Å². The van der Waals surface area contributed by atoms with Crippen LogP contribution in [0, 0.1) is 0 Å². The van der Waals surface area contributed by atoms with Crippen LogP contribution in [0.1, 0.15) is 23.8 Å². The van der Waals surface area contributed by atoms with Crippen LogP contribution in [-0.4, -0.2) is 44.6 Å². The summed E-state index contributed by atoms with van der Waals surface area (Å²) in [7, 11) is -3.25. The fourth-order valence-electron chi connectivity index (χ4n) is 2.36. The zero-order valence-electron chi connectivity index (χ0n) is 11.3. The van der Waals surface area contributed by atoms with Gasteiger partial charge in [-0.25, -0.2) is 13.1 Å². The zero-order chi connectivity index (χ0) is 14.8. The Bertz CT molecular complexity index is 557. The van der Waals surface area contributed by atoms with Gasteiger partial charge in [0.2, 0.25) is 15.9 Å². The fourth-order valence-corrected chi connectivity index (χ4v) is 3.88. The molecule has 2 unspecified atom stereocenters. The summed E-state index contributed by atoms with van der Waals surface area (Å²) in [6.07, 6.45) is 2.65. The highest BCUT2D eigenvalue weighted by Crippen LogP contribution is 2.21. The highest BCUT2D eigenvalue weighted by atomic mass is 32.2. The van der Waals surface area contributed by atoms with Crippen LogP contribution >= 0.6 is 11.3 Å². The van der Waals surface area contributed by atoms with Crippen LogP contribution < -0.4 is 10.5 Å². The van der Waals surface area contributed by atoms with Crippen LogP contribution in [0.2, 0.25) is 0 Å². The zero-order valence-corrected chi connectivity index (χ0v) is 12.9. The summed E-state index contributed by atoms with van der Waals surface area (Å²) in [6, 6.07) is 2.81. The summed E-state index contributed by atoms with van der Waals surface area (Å²) in [5, 5.41) is 1.88. The Hall–Kier alpha value is -0.960. The smallest absolute Gasteiger partial charge is 0.244 e. The lowest BCUT2D eigenvalue weighted by molar-refractivity contribution is -0.133. The molecule has 0 radical (unpaired) electrons. The molecular weight excluding hydrogens is 298 g/mol. The second-order valence-electron chi connectivity index (χ2n) is 5.01. The van der Waals surface area contributed by atoms with Crippen molar-refractivity contribution < 1.29 is 13.2 Å². The van der Waals surface area contributed by atoms with Gasteiger partial charge in [0.05, 0.1) is 6.26 Å². The molecule has 1 fully saturated rings. The Morgan fingerprint density at radius 1 is 1.60 bits per heavy atom. The molecule has 2 rings (SSSR count). The van der Waals surface area contributed by atoms with Gasteiger partial charge < -0.3 is 10.6 Å². The van der Waals surface area contributed by atoms with Crippen molar-refractivity contribution in [3.63, 3.8) is 0 Å². The van der Waals surface area contributed by atoms with E-state index in [4.69, 9.17) is 5.73 Å². The molecule has 8 heteroatoms. The van der Waals surface area contributed by atoms with Crippen molar-refractivity contribution in [1.82, 2.24) is 9.62 Å². The molecule has 1 saturated heterocycles. The molecule has 1 aliphatic rings. The number of piperidine rings is 1. The van der Waals surface area contributed by atoms with E-state index in [2.05, 4.69) is 4.72 Å². The van der Waals surface area contributed by atoms with E-state index in [9.17, 15) is 13.2 Å². The van der Waals surface area contributed by atoms with Gasteiger partial charge in [-0.1, -0.05) is 6.07 Å². The van der Waals surface area contributed by atoms with Gasteiger partial charge >= 0.3 is 0 Å². The first-order chi connectivity index (χ1) is 9.37. The van der Waals surface area contributed by atoms with Crippen LogP contribution in [0.4, 0.5) is 0 Å². The third-order valence-electron chi connectivity index (χ3n) is 3.23.